The van der Waals surface area contributed by atoms with Crippen molar-refractivity contribution < 1.29 is 9.59 Å². The van der Waals surface area contributed by atoms with Gasteiger partial charge in [-0.15, -0.1) is 0 Å². The Morgan fingerprint density at radius 1 is 1.16 bits per heavy atom. The lowest BCUT2D eigenvalue weighted by molar-refractivity contribution is -0.150. The van der Waals surface area contributed by atoms with Gasteiger partial charge in [0.2, 0.25) is 11.8 Å². The monoisotopic (exact) mass is 264 g/mol. The first-order chi connectivity index (χ1) is 9.20. The summed E-state index contributed by atoms with van der Waals surface area (Å²) in [5.74, 6) is 1.49. The molecule has 3 aliphatic rings. The second-order valence-electron chi connectivity index (χ2n) is 6.40. The number of carbonyl (C=O) groups is 2. The van der Waals surface area contributed by atoms with Gasteiger partial charge < -0.3 is 10.2 Å². The third kappa shape index (κ3) is 2.77. The van der Waals surface area contributed by atoms with Gasteiger partial charge in [0, 0.05) is 6.54 Å². The van der Waals surface area contributed by atoms with Crippen LogP contribution in [0.25, 0.3) is 0 Å². The molecular weight excluding hydrogens is 240 g/mol. The minimum atomic E-state index is -0.272. The highest BCUT2D eigenvalue weighted by Gasteiger charge is 2.47. The lowest BCUT2D eigenvalue weighted by atomic mass is 10.00. The van der Waals surface area contributed by atoms with Gasteiger partial charge in [-0.1, -0.05) is 26.2 Å². The molecule has 2 saturated carbocycles. The van der Waals surface area contributed by atoms with E-state index in [2.05, 4.69) is 12.2 Å². The van der Waals surface area contributed by atoms with E-state index in [0.29, 0.717) is 5.92 Å². The fourth-order valence-corrected chi connectivity index (χ4v) is 3.14. The van der Waals surface area contributed by atoms with Crippen molar-refractivity contribution in [3.8, 4) is 0 Å². The largest absolute Gasteiger partial charge is 0.342 e. The van der Waals surface area contributed by atoms with Crippen LogP contribution in [-0.4, -0.2) is 35.3 Å². The molecule has 1 heterocycles. The predicted octanol–water partition coefficient (Wildman–Crippen LogP) is 1.69. The maximum Gasteiger partial charge on any atom is 0.245 e. The first kappa shape index (κ1) is 12.9. The number of piperazine rings is 1. The second kappa shape index (κ2) is 5.14. The third-order valence-corrected chi connectivity index (χ3v) is 4.62. The number of hydrogen-bond acceptors (Lipinski definition) is 2. The number of carbonyl (C=O) groups excluding carboxylic acids is 2. The second-order valence-corrected chi connectivity index (χ2v) is 6.40. The van der Waals surface area contributed by atoms with Crippen LogP contribution < -0.4 is 5.32 Å². The van der Waals surface area contributed by atoms with E-state index in [1.807, 2.05) is 4.90 Å². The van der Waals surface area contributed by atoms with E-state index < -0.39 is 0 Å². The van der Waals surface area contributed by atoms with Gasteiger partial charge in [-0.3, -0.25) is 9.59 Å². The van der Waals surface area contributed by atoms with Crippen LogP contribution in [0.15, 0.2) is 0 Å². The van der Waals surface area contributed by atoms with Crippen molar-refractivity contribution in [2.24, 2.45) is 11.8 Å². The van der Waals surface area contributed by atoms with Gasteiger partial charge in [0.1, 0.15) is 12.1 Å². The molecule has 106 valence electrons. The van der Waals surface area contributed by atoms with E-state index in [9.17, 15) is 9.59 Å². The van der Waals surface area contributed by atoms with Gasteiger partial charge in [-0.25, -0.2) is 0 Å². The summed E-state index contributed by atoms with van der Waals surface area (Å²) in [6.07, 6.45) is 7.60. The van der Waals surface area contributed by atoms with Gasteiger partial charge in [-0.05, 0) is 37.5 Å². The highest BCUT2D eigenvalue weighted by Crippen LogP contribution is 2.38. The molecule has 0 bridgehead atoms. The maximum absolute atomic E-state index is 12.5. The molecule has 2 amide bonds. The molecule has 1 aliphatic heterocycles. The summed E-state index contributed by atoms with van der Waals surface area (Å²) >= 11 is 0. The van der Waals surface area contributed by atoms with Crippen LogP contribution in [0.2, 0.25) is 0 Å². The fraction of sp³-hybridized carbons (Fsp3) is 0.867. The Bertz CT molecular complexity index is 374. The molecule has 2 atom stereocenters. The van der Waals surface area contributed by atoms with Gasteiger partial charge in [-0.2, -0.15) is 0 Å². The van der Waals surface area contributed by atoms with Gasteiger partial charge in [0.15, 0.2) is 0 Å². The molecule has 0 radical (unpaired) electrons. The Labute approximate surface area is 114 Å². The molecule has 1 N–H and O–H groups in total. The van der Waals surface area contributed by atoms with Crippen LogP contribution in [0, 0.1) is 11.8 Å². The quantitative estimate of drug-likeness (QED) is 0.793. The van der Waals surface area contributed by atoms with Crippen LogP contribution in [0.5, 0.6) is 0 Å². The summed E-state index contributed by atoms with van der Waals surface area (Å²) < 4.78 is 0. The SMILES string of the molecule is CCCC1NC(=O)C(C2CC2)N(CCC2CC2)C1=O. The van der Waals surface area contributed by atoms with Crippen molar-refractivity contribution in [1.29, 1.82) is 0 Å². The van der Waals surface area contributed by atoms with Crippen LogP contribution >= 0.6 is 0 Å². The smallest absolute Gasteiger partial charge is 0.245 e. The molecule has 4 nitrogen and oxygen atoms in total. The summed E-state index contributed by atoms with van der Waals surface area (Å²) in [6, 6.07) is -0.439. The van der Waals surface area contributed by atoms with E-state index in [1.165, 1.54) is 12.8 Å². The normalized spacial score (nSPS) is 31.5. The predicted molar refractivity (Wildman–Crippen MR) is 72.4 cm³/mol. The standard InChI is InChI=1S/C15H24N2O2/c1-2-3-12-15(19)17(9-8-10-4-5-10)13(11-6-7-11)14(18)16-12/h10-13H,2-9H2,1H3,(H,16,18). The molecular formula is C15H24N2O2. The molecule has 3 fully saturated rings. The molecule has 19 heavy (non-hydrogen) atoms. The Morgan fingerprint density at radius 3 is 2.47 bits per heavy atom. The minimum absolute atomic E-state index is 0.0938. The van der Waals surface area contributed by atoms with E-state index in [1.54, 1.807) is 0 Å². The average Bonchev–Trinajstić information content (AvgIpc) is 3.25. The zero-order chi connectivity index (χ0) is 13.4. The Balaban J connectivity index is 1.70. The fourth-order valence-electron chi connectivity index (χ4n) is 3.14. The molecule has 3 rings (SSSR count). The van der Waals surface area contributed by atoms with Crippen molar-refractivity contribution >= 4 is 11.8 Å². The number of rotatable bonds is 6. The number of hydrogen-bond donors (Lipinski definition) is 1. The summed E-state index contributed by atoms with van der Waals surface area (Å²) in [4.78, 5) is 26.7. The number of nitrogens with zero attached hydrogens (tertiary/aromatic N) is 1. The van der Waals surface area contributed by atoms with Crippen LogP contribution in [-0.2, 0) is 9.59 Å². The van der Waals surface area contributed by atoms with Crippen LogP contribution in [0.1, 0.15) is 51.9 Å². The molecule has 1 saturated heterocycles. The van der Waals surface area contributed by atoms with Crippen molar-refractivity contribution in [3.63, 3.8) is 0 Å². The van der Waals surface area contributed by atoms with Crippen LogP contribution in [0.3, 0.4) is 0 Å². The van der Waals surface area contributed by atoms with Crippen molar-refractivity contribution in [2.45, 2.75) is 64.0 Å². The highest BCUT2D eigenvalue weighted by molar-refractivity contribution is 5.97. The molecule has 0 aromatic rings. The summed E-state index contributed by atoms with van der Waals surface area (Å²) in [6.45, 7) is 2.85. The lowest BCUT2D eigenvalue weighted by Gasteiger charge is -2.39. The van der Waals surface area contributed by atoms with Crippen LogP contribution in [0.4, 0.5) is 0 Å². The Hall–Kier alpha value is -1.06. The maximum atomic E-state index is 12.5. The van der Waals surface area contributed by atoms with Crippen molar-refractivity contribution in [3.05, 3.63) is 0 Å². The van der Waals surface area contributed by atoms with Gasteiger partial charge in [0.05, 0.1) is 0 Å². The number of amides is 2. The third-order valence-electron chi connectivity index (χ3n) is 4.62. The molecule has 0 aromatic heterocycles. The summed E-state index contributed by atoms with van der Waals surface area (Å²) in [7, 11) is 0. The molecule has 2 aliphatic carbocycles. The van der Waals surface area contributed by atoms with Gasteiger partial charge >= 0.3 is 0 Å². The average molecular weight is 264 g/mol. The highest BCUT2D eigenvalue weighted by atomic mass is 16.2. The molecule has 4 heteroatoms. The number of nitrogens with one attached hydrogen (secondary N) is 1. The Kier molecular flexibility index (Phi) is 3.50. The molecule has 2 unspecified atom stereocenters. The lowest BCUT2D eigenvalue weighted by Crippen LogP contribution is -2.64. The zero-order valence-corrected chi connectivity index (χ0v) is 11.7. The molecule has 0 spiro atoms. The first-order valence-corrected chi connectivity index (χ1v) is 7.81. The summed E-state index contributed by atoms with van der Waals surface area (Å²) in [5, 5.41) is 2.94. The van der Waals surface area contributed by atoms with E-state index in [-0.39, 0.29) is 23.9 Å². The first-order valence-electron chi connectivity index (χ1n) is 7.81. The van der Waals surface area contributed by atoms with E-state index in [4.69, 9.17) is 0 Å². The minimum Gasteiger partial charge on any atom is -0.342 e. The van der Waals surface area contributed by atoms with E-state index >= 15 is 0 Å². The topological polar surface area (TPSA) is 49.4 Å². The van der Waals surface area contributed by atoms with E-state index in [0.717, 1.165) is 44.6 Å². The molecule has 0 aromatic carbocycles. The Morgan fingerprint density at radius 2 is 1.89 bits per heavy atom. The van der Waals surface area contributed by atoms with Crippen molar-refractivity contribution in [1.82, 2.24) is 10.2 Å². The van der Waals surface area contributed by atoms with Gasteiger partial charge in [0.25, 0.3) is 0 Å². The van der Waals surface area contributed by atoms with Crippen molar-refractivity contribution in [2.75, 3.05) is 6.54 Å². The summed E-state index contributed by atoms with van der Waals surface area (Å²) in [5.41, 5.74) is 0. The zero-order valence-electron chi connectivity index (χ0n) is 11.7.